The predicted molar refractivity (Wildman–Crippen MR) is 161 cm³/mol. The zero-order valence-electron chi connectivity index (χ0n) is 23.3. The van der Waals surface area contributed by atoms with E-state index in [2.05, 4.69) is 93.8 Å². The van der Waals surface area contributed by atoms with Crippen molar-refractivity contribution in [1.82, 2.24) is 15.1 Å². The molecule has 4 aromatic rings. The zero-order valence-corrected chi connectivity index (χ0v) is 23.3. The molecule has 1 saturated carbocycles. The van der Waals surface area contributed by atoms with E-state index in [4.69, 9.17) is 4.74 Å². The molecule has 2 atom stereocenters. The Morgan fingerprint density at radius 3 is 2.55 bits per heavy atom. The van der Waals surface area contributed by atoms with Crippen molar-refractivity contribution in [3.63, 3.8) is 0 Å². The van der Waals surface area contributed by atoms with E-state index in [1.165, 1.54) is 5.69 Å². The van der Waals surface area contributed by atoms with E-state index in [0.717, 1.165) is 77.3 Å². The molecule has 1 saturated heterocycles. The monoisotopic (exact) mass is 533 g/mol. The van der Waals surface area contributed by atoms with Crippen LogP contribution < -0.4 is 15.0 Å². The van der Waals surface area contributed by atoms with E-state index in [9.17, 15) is 4.79 Å². The summed E-state index contributed by atoms with van der Waals surface area (Å²) in [6.07, 6.45) is 4.99. The van der Waals surface area contributed by atoms with Crippen LogP contribution in [0.5, 0.6) is 5.75 Å². The first-order valence-corrected chi connectivity index (χ1v) is 14.2. The third-order valence-electron chi connectivity index (χ3n) is 9.08. The second kappa shape index (κ2) is 9.52. The van der Waals surface area contributed by atoms with Gasteiger partial charge in [0.05, 0.1) is 23.7 Å². The number of piperazine rings is 1. The number of carbonyl (C=O) groups is 1. The van der Waals surface area contributed by atoms with Crippen LogP contribution in [0.1, 0.15) is 48.6 Å². The van der Waals surface area contributed by atoms with Gasteiger partial charge in [-0.1, -0.05) is 30.3 Å². The minimum Gasteiger partial charge on any atom is -0.497 e. The quantitative estimate of drug-likeness (QED) is 0.335. The van der Waals surface area contributed by atoms with Crippen LogP contribution in [-0.4, -0.2) is 60.3 Å². The van der Waals surface area contributed by atoms with Crippen LogP contribution in [-0.2, 0) is 10.2 Å². The Balaban J connectivity index is 1.06. The van der Waals surface area contributed by atoms with Crippen molar-refractivity contribution in [3.8, 4) is 5.75 Å². The smallest absolute Gasteiger partial charge is 0.235 e. The van der Waals surface area contributed by atoms with Gasteiger partial charge in [0.1, 0.15) is 5.75 Å². The lowest BCUT2D eigenvalue weighted by molar-refractivity contribution is -0.118. The second-order valence-electron chi connectivity index (χ2n) is 11.5. The Morgan fingerprint density at radius 2 is 1.80 bits per heavy atom. The van der Waals surface area contributed by atoms with Crippen LogP contribution in [0, 0.1) is 0 Å². The number of amides is 1. The van der Waals surface area contributed by atoms with Crippen LogP contribution in [0.25, 0.3) is 23.1 Å². The Kier molecular flexibility index (Phi) is 5.93. The van der Waals surface area contributed by atoms with Gasteiger partial charge in [0, 0.05) is 54.9 Å². The molecule has 3 aliphatic rings. The fraction of sp³-hybridized carbons (Fsp3) is 0.333. The average molecular weight is 534 g/mol. The summed E-state index contributed by atoms with van der Waals surface area (Å²) in [6, 6.07) is 21.7. The third kappa shape index (κ3) is 4.07. The number of hydrogen-bond donors (Lipinski definition) is 2. The van der Waals surface area contributed by atoms with Gasteiger partial charge in [0.25, 0.3) is 0 Å². The van der Waals surface area contributed by atoms with Gasteiger partial charge < -0.3 is 15.0 Å². The average Bonchev–Trinajstić information content (AvgIpc) is 3.53. The van der Waals surface area contributed by atoms with E-state index in [1.54, 1.807) is 7.11 Å². The molecule has 3 aromatic carbocycles. The lowest BCUT2D eigenvalue weighted by Gasteiger charge is -2.38. The fourth-order valence-electron chi connectivity index (χ4n) is 6.57. The number of aromatic nitrogens is 2. The molecule has 204 valence electrons. The number of methoxy groups -OCH3 is 1. The highest BCUT2D eigenvalue weighted by Gasteiger charge is 2.65. The molecule has 1 amide bonds. The van der Waals surface area contributed by atoms with Crippen molar-refractivity contribution in [1.29, 1.82) is 0 Å². The van der Waals surface area contributed by atoms with Gasteiger partial charge in [-0.15, -0.1) is 0 Å². The van der Waals surface area contributed by atoms with E-state index >= 15 is 0 Å². The largest absolute Gasteiger partial charge is 0.497 e. The van der Waals surface area contributed by atoms with Crippen LogP contribution >= 0.6 is 0 Å². The highest BCUT2D eigenvalue weighted by Crippen LogP contribution is 2.65. The molecular formula is C33H35N5O2. The minimum absolute atomic E-state index is 0.0814. The summed E-state index contributed by atoms with van der Waals surface area (Å²) >= 11 is 0. The van der Waals surface area contributed by atoms with Gasteiger partial charge in [-0.3, -0.25) is 14.8 Å². The number of anilines is 2. The lowest BCUT2D eigenvalue weighted by atomic mass is 9.91. The normalized spacial score (nSPS) is 22.4. The maximum Gasteiger partial charge on any atom is 0.235 e. The molecule has 2 fully saturated rings. The number of carbonyl (C=O) groups excluding carboxylic acids is 1. The highest BCUT2D eigenvalue weighted by atomic mass is 16.5. The molecule has 0 radical (unpaired) electrons. The molecule has 1 spiro atoms. The third-order valence-corrected chi connectivity index (χ3v) is 9.08. The molecule has 7 nitrogen and oxygen atoms in total. The van der Waals surface area contributed by atoms with Crippen molar-refractivity contribution in [2.75, 3.05) is 43.5 Å². The van der Waals surface area contributed by atoms with E-state index in [0.29, 0.717) is 6.04 Å². The number of hydrogen-bond acceptors (Lipinski definition) is 5. The number of fused-ring (bicyclic) bond motifs is 3. The van der Waals surface area contributed by atoms with Crippen LogP contribution in [0.3, 0.4) is 0 Å². The number of rotatable bonds is 6. The molecule has 0 bridgehead atoms. The van der Waals surface area contributed by atoms with Gasteiger partial charge in [-0.2, -0.15) is 5.10 Å². The van der Waals surface area contributed by atoms with E-state index in [-0.39, 0.29) is 11.8 Å². The van der Waals surface area contributed by atoms with E-state index in [1.807, 2.05) is 18.2 Å². The van der Waals surface area contributed by atoms with Crippen LogP contribution in [0.2, 0.25) is 0 Å². The van der Waals surface area contributed by atoms with Crippen molar-refractivity contribution >= 4 is 40.3 Å². The molecule has 2 aliphatic heterocycles. The summed E-state index contributed by atoms with van der Waals surface area (Å²) in [7, 11) is 1.66. The van der Waals surface area contributed by atoms with Gasteiger partial charge in [-0.25, -0.2) is 0 Å². The lowest BCUT2D eigenvalue weighted by Crippen LogP contribution is -2.48. The van der Waals surface area contributed by atoms with Gasteiger partial charge in [-0.05, 0) is 79.4 Å². The van der Waals surface area contributed by atoms with Crippen LogP contribution in [0.4, 0.5) is 11.4 Å². The second-order valence-corrected chi connectivity index (χ2v) is 11.5. The molecule has 2 N–H and O–H groups in total. The van der Waals surface area contributed by atoms with Crippen molar-refractivity contribution in [2.24, 2.45) is 0 Å². The Bertz CT molecular complexity index is 1610. The molecule has 1 aromatic heterocycles. The summed E-state index contributed by atoms with van der Waals surface area (Å²) < 4.78 is 5.43. The molecule has 7 heteroatoms. The Morgan fingerprint density at radius 1 is 1.00 bits per heavy atom. The van der Waals surface area contributed by atoms with Crippen molar-refractivity contribution in [3.05, 3.63) is 83.0 Å². The van der Waals surface area contributed by atoms with Crippen molar-refractivity contribution in [2.45, 2.75) is 37.6 Å². The van der Waals surface area contributed by atoms with Gasteiger partial charge in [0.15, 0.2) is 0 Å². The molecule has 3 heterocycles. The number of ether oxygens (including phenoxy) is 1. The van der Waals surface area contributed by atoms with Crippen LogP contribution in [0.15, 0.2) is 60.7 Å². The fourth-order valence-corrected chi connectivity index (χ4v) is 6.57. The summed E-state index contributed by atoms with van der Waals surface area (Å²) in [6.45, 7) is 8.92. The number of aromatic amines is 1. The highest BCUT2D eigenvalue weighted by molar-refractivity contribution is 6.10. The molecule has 1 unspecified atom stereocenters. The Hall–Kier alpha value is -4.10. The van der Waals surface area contributed by atoms with Gasteiger partial charge in [0.2, 0.25) is 5.91 Å². The number of benzene rings is 3. The molecule has 1 aliphatic carbocycles. The minimum atomic E-state index is -0.505. The topological polar surface area (TPSA) is 73.5 Å². The van der Waals surface area contributed by atoms with Gasteiger partial charge >= 0.3 is 0 Å². The number of nitrogens with zero attached hydrogens (tertiary/aromatic N) is 3. The predicted octanol–water partition coefficient (Wildman–Crippen LogP) is 5.65. The summed E-state index contributed by atoms with van der Waals surface area (Å²) in [4.78, 5) is 18.1. The first kappa shape index (κ1) is 24.9. The first-order valence-electron chi connectivity index (χ1n) is 14.2. The maximum atomic E-state index is 13.0. The SMILES string of the molecule is COc1ccc2c(c1)[C@]1(CC1c1ccc3c(/C=C/c4ccc(N5CCN(C(C)C)CC5)cc4)n[nH]c3c1)C(=O)N2. The van der Waals surface area contributed by atoms with Crippen molar-refractivity contribution < 1.29 is 9.53 Å². The summed E-state index contributed by atoms with van der Waals surface area (Å²) in [5.41, 5.74) is 6.92. The molecule has 40 heavy (non-hydrogen) atoms. The summed E-state index contributed by atoms with van der Waals surface area (Å²) in [5, 5.41) is 11.9. The Labute approximate surface area is 234 Å². The van der Waals surface area contributed by atoms with E-state index < -0.39 is 5.41 Å². The number of H-pyrrole nitrogens is 1. The first-order chi connectivity index (χ1) is 19.5. The summed E-state index contributed by atoms with van der Waals surface area (Å²) in [5.74, 6) is 0.997. The zero-order chi connectivity index (χ0) is 27.4. The standard InChI is InChI=1S/C33H35N5O2/c1-21(2)37-14-16-38(17-15-37)24-8-4-22(5-9-24)6-12-29-26-11-7-23(18-31(26)36-35-29)28-20-33(28)27-19-25(40-3)10-13-30(27)34-32(33)39/h4-13,18-19,21,28H,14-17,20H2,1-3H3,(H,34,39)(H,35,36)/b12-6+/t28?,33-/m0/s1. The number of nitrogens with one attached hydrogen (secondary N) is 2. The maximum absolute atomic E-state index is 13.0. The molecular weight excluding hydrogens is 498 g/mol. The molecule has 7 rings (SSSR count).